The predicted octanol–water partition coefficient (Wildman–Crippen LogP) is 2.87. The minimum Gasteiger partial charge on any atom is -0.341 e. The smallest absolute Gasteiger partial charge is 0.337 e. The maximum absolute atomic E-state index is 12.1. The molecule has 9 nitrogen and oxygen atoms in total. The van der Waals surface area contributed by atoms with Crippen molar-refractivity contribution in [2.75, 3.05) is 46.7 Å². The SMILES string of the molecule is O=C(NNc1nc(N2CCCC2)nc(N2CCCC2)n1)Nc1ccc(Cl)cc1. The number of amides is 2. The molecule has 0 radical (unpaired) electrons. The van der Waals surface area contributed by atoms with Gasteiger partial charge in [0.25, 0.3) is 0 Å². The van der Waals surface area contributed by atoms with Crippen molar-refractivity contribution in [2.45, 2.75) is 25.7 Å². The van der Waals surface area contributed by atoms with Crippen molar-refractivity contribution < 1.29 is 4.79 Å². The molecule has 1 aromatic carbocycles. The summed E-state index contributed by atoms with van der Waals surface area (Å²) in [6.45, 7) is 3.75. The lowest BCUT2D eigenvalue weighted by Crippen LogP contribution is -2.35. The van der Waals surface area contributed by atoms with Gasteiger partial charge in [0.2, 0.25) is 17.8 Å². The van der Waals surface area contributed by atoms with Crippen LogP contribution in [0.5, 0.6) is 0 Å². The molecule has 2 aromatic rings. The number of hydrogen-bond acceptors (Lipinski definition) is 7. The number of hydrogen-bond donors (Lipinski definition) is 3. The van der Waals surface area contributed by atoms with Crippen LogP contribution in [0, 0.1) is 0 Å². The third-order valence-corrected chi connectivity index (χ3v) is 5.03. The van der Waals surface area contributed by atoms with Gasteiger partial charge in [-0.3, -0.25) is 5.43 Å². The Bertz CT molecular complexity index is 785. The van der Waals surface area contributed by atoms with Crippen LogP contribution in [-0.4, -0.2) is 47.2 Å². The molecular weight excluding hydrogens is 380 g/mol. The first kappa shape index (κ1) is 18.5. The first-order valence-corrected chi connectivity index (χ1v) is 9.90. The molecule has 0 bridgehead atoms. The second-order valence-corrected chi connectivity index (χ2v) is 7.29. The van der Waals surface area contributed by atoms with E-state index in [1.807, 2.05) is 0 Å². The van der Waals surface area contributed by atoms with Crippen molar-refractivity contribution in [3.63, 3.8) is 0 Å². The molecule has 1 aromatic heterocycles. The van der Waals surface area contributed by atoms with Gasteiger partial charge >= 0.3 is 6.03 Å². The third-order valence-electron chi connectivity index (χ3n) is 4.78. The Balaban J connectivity index is 1.44. The first-order valence-electron chi connectivity index (χ1n) is 9.52. The van der Waals surface area contributed by atoms with E-state index in [4.69, 9.17) is 11.6 Å². The zero-order valence-electron chi connectivity index (χ0n) is 15.5. The van der Waals surface area contributed by atoms with Crippen LogP contribution in [-0.2, 0) is 0 Å². The van der Waals surface area contributed by atoms with Crippen molar-refractivity contribution in [3.05, 3.63) is 29.3 Å². The second-order valence-electron chi connectivity index (χ2n) is 6.86. The number of anilines is 4. The van der Waals surface area contributed by atoms with Gasteiger partial charge in [0.1, 0.15) is 0 Å². The van der Waals surface area contributed by atoms with Gasteiger partial charge in [-0.1, -0.05) is 11.6 Å². The lowest BCUT2D eigenvalue weighted by Gasteiger charge is -2.20. The van der Waals surface area contributed by atoms with Crippen LogP contribution in [0.25, 0.3) is 0 Å². The fourth-order valence-electron chi connectivity index (χ4n) is 3.34. The van der Waals surface area contributed by atoms with E-state index in [0.29, 0.717) is 28.6 Å². The summed E-state index contributed by atoms with van der Waals surface area (Å²) in [6, 6.07) is 6.44. The number of rotatable bonds is 5. The molecule has 4 rings (SSSR count). The Kier molecular flexibility index (Phi) is 5.61. The molecule has 0 unspecified atom stereocenters. The quantitative estimate of drug-likeness (QED) is 0.661. The second kappa shape index (κ2) is 8.47. The third kappa shape index (κ3) is 4.53. The van der Waals surface area contributed by atoms with E-state index in [-0.39, 0.29) is 0 Å². The molecule has 3 N–H and O–H groups in total. The summed E-state index contributed by atoms with van der Waals surface area (Å²) < 4.78 is 0. The molecule has 3 heterocycles. The molecule has 2 amide bonds. The Morgan fingerprint density at radius 1 is 0.857 bits per heavy atom. The maximum Gasteiger partial charge on any atom is 0.337 e. The summed E-state index contributed by atoms with van der Waals surface area (Å²) in [6.07, 6.45) is 4.54. The molecule has 0 atom stereocenters. The average Bonchev–Trinajstić information content (AvgIpc) is 3.42. The number of urea groups is 1. The van der Waals surface area contributed by atoms with E-state index in [2.05, 4.69) is 40.9 Å². The number of halogens is 1. The highest BCUT2D eigenvalue weighted by atomic mass is 35.5. The average molecular weight is 403 g/mol. The van der Waals surface area contributed by atoms with Crippen LogP contribution >= 0.6 is 11.6 Å². The van der Waals surface area contributed by atoms with Crippen LogP contribution in [0.4, 0.5) is 28.3 Å². The zero-order valence-corrected chi connectivity index (χ0v) is 16.2. The number of carbonyl (C=O) groups excluding carboxylic acids is 1. The number of aromatic nitrogens is 3. The summed E-state index contributed by atoms with van der Waals surface area (Å²) in [4.78, 5) is 30.1. The van der Waals surface area contributed by atoms with Gasteiger partial charge in [0.15, 0.2) is 0 Å². The number of nitrogens with zero attached hydrogens (tertiary/aromatic N) is 5. The van der Waals surface area contributed by atoms with Crippen LogP contribution < -0.4 is 26.0 Å². The van der Waals surface area contributed by atoms with Crippen molar-refractivity contribution in [3.8, 4) is 0 Å². The largest absolute Gasteiger partial charge is 0.341 e. The molecule has 2 fully saturated rings. The summed E-state index contributed by atoms with van der Waals surface area (Å²) in [7, 11) is 0. The van der Waals surface area contributed by atoms with E-state index in [1.165, 1.54) is 0 Å². The Morgan fingerprint density at radius 3 is 1.93 bits per heavy atom. The van der Waals surface area contributed by atoms with Crippen molar-refractivity contribution in [2.24, 2.45) is 0 Å². The Hall–Kier alpha value is -2.81. The Labute approximate surface area is 168 Å². The van der Waals surface area contributed by atoms with E-state index in [9.17, 15) is 4.79 Å². The molecule has 2 aliphatic rings. The number of carbonyl (C=O) groups is 1. The molecule has 28 heavy (non-hydrogen) atoms. The standard InChI is InChI=1S/C18H23ClN8O/c19-13-5-7-14(8-6-13)20-18(28)25-24-15-21-16(26-9-1-2-10-26)23-17(22-15)27-11-3-4-12-27/h5-8H,1-4,9-12H2,(H2,20,25,28)(H,21,22,23,24). The van der Waals surface area contributed by atoms with Crippen LogP contribution in [0.3, 0.4) is 0 Å². The Morgan fingerprint density at radius 2 is 1.39 bits per heavy atom. The molecule has 10 heteroatoms. The highest BCUT2D eigenvalue weighted by Crippen LogP contribution is 2.22. The molecule has 2 saturated heterocycles. The minimum absolute atomic E-state index is 0.324. The lowest BCUT2D eigenvalue weighted by molar-refractivity contribution is 0.253. The molecular formula is C18H23ClN8O. The maximum atomic E-state index is 12.1. The minimum atomic E-state index is -0.423. The normalized spacial score (nSPS) is 16.3. The van der Waals surface area contributed by atoms with Gasteiger partial charge in [0, 0.05) is 36.9 Å². The lowest BCUT2D eigenvalue weighted by atomic mass is 10.3. The van der Waals surface area contributed by atoms with Crippen LogP contribution in [0.2, 0.25) is 5.02 Å². The van der Waals surface area contributed by atoms with Crippen LogP contribution in [0.1, 0.15) is 25.7 Å². The molecule has 2 aliphatic heterocycles. The van der Waals surface area contributed by atoms with Crippen molar-refractivity contribution in [1.29, 1.82) is 0 Å². The van der Waals surface area contributed by atoms with Gasteiger partial charge in [-0.2, -0.15) is 15.0 Å². The predicted molar refractivity (Wildman–Crippen MR) is 110 cm³/mol. The number of benzene rings is 1. The fraction of sp³-hybridized carbons (Fsp3) is 0.444. The molecule has 0 spiro atoms. The van der Waals surface area contributed by atoms with Gasteiger partial charge in [0.05, 0.1) is 0 Å². The fourth-order valence-corrected chi connectivity index (χ4v) is 3.46. The van der Waals surface area contributed by atoms with Crippen molar-refractivity contribution in [1.82, 2.24) is 20.4 Å². The summed E-state index contributed by atoms with van der Waals surface area (Å²) in [5.41, 5.74) is 6.01. The molecule has 0 aliphatic carbocycles. The zero-order chi connectivity index (χ0) is 19.3. The first-order chi connectivity index (χ1) is 13.7. The van der Waals surface area contributed by atoms with E-state index in [0.717, 1.165) is 51.9 Å². The highest BCUT2D eigenvalue weighted by Gasteiger charge is 2.21. The molecule has 148 valence electrons. The highest BCUT2D eigenvalue weighted by molar-refractivity contribution is 6.30. The van der Waals surface area contributed by atoms with E-state index in [1.54, 1.807) is 24.3 Å². The summed E-state index contributed by atoms with van der Waals surface area (Å²) >= 11 is 5.86. The molecule has 0 saturated carbocycles. The monoisotopic (exact) mass is 402 g/mol. The number of nitrogens with one attached hydrogen (secondary N) is 3. The van der Waals surface area contributed by atoms with Gasteiger partial charge in [-0.15, -0.1) is 0 Å². The van der Waals surface area contributed by atoms with E-state index >= 15 is 0 Å². The van der Waals surface area contributed by atoms with Gasteiger partial charge in [-0.25, -0.2) is 10.2 Å². The van der Waals surface area contributed by atoms with Crippen LogP contribution in [0.15, 0.2) is 24.3 Å². The summed E-state index contributed by atoms with van der Waals surface area (Å²) in [5.74, 6) is 1.62. The number of hydrazine groups is 1. The topological polar surface area (TPSA) is 98.3 Å². The summed E-state index contributed by atoms with van der Waals surface area (Å²) in [5, 5.41) is 3.33. The van der Waals surface area contributed by atoms with Crippen molar-refractivity contribution >= 4 is 41.2 Å². The van der Waals surface area contributed by atoms with Gasteiger partial charge in [-0.05, 0) is 49.9 Å². The van der Waals surface area contributed by atoms with E-state index < -0.39 is 6.03 Å². The van der Waals surface area contributed by atoms with Gasteiger partial charge < -0.3 is 15.1 Å².